The summed E-state index contributed by atoms with van der Waals surface area (Å²) < 4.78 is 11.6. The molecule has 30 heavy (non-hydrogen) atoms. The third kappa shape index (κ3) is 5.16. The average Bonchev–Trinajstić information content (AvgIpc) is 3.24. The Bertz CT molecular complexity index is 1030. The van der Waals surface area contributed by atoms with Crippen LogP contribution in [-0.4, -0.2) is 47.4 Å². The monoisotopic (exact) mass is 535 g/mol. The number of amides is 1. The summed E-state index contributed by atoms with van der Waals surface area (Å²) in [5.74, 6) is 0.310. The minimum atomic E-state index is -0.459. The third-order valence-electron chi connectivity index (χ3n) is 5.35. The van der Waals surface area contributed by atoms with Gasteiger partial charge in [-0.1, -0.05) is 24.3 Å². The number of hydrogen-bond acceptors (Lipinski definition) is 6. The molecular formula is C22H22IN3O3S. The van der Waals surface area contributed by atoms with Gasteiger partial charge in [-0.3, -0.25) is 15.0 Å². The number of nitrogens with zero attached hydrogens (tertiary/aromatic N) is 2. The summed E-state index contributed by atoms with van der Waals surface area (Å²) in [5.41, 5.74) is 1.51. The van der Waals surface area contributed by atoms with Crippen molar-refractivity contribution in [3.63, 3.8) is 0 Å². The van der Waals surface area contributed by atoms with Crippen LogP contribution in [0, 0.1) is 9.49 Å². The first-order valence-corrected chi connectivity index (χ1v) is 11.7. The third-order valence-corrected chi connectivity index (χ3v) is 6.91. The normalized spacial score (nSPS) is 15.2. The Labute approximate surface area is 192 Å². The van der Waals surface area contributed by atoms with Crippen LogP contribution in [0.15, 0.2) is 48.7 Å². The highest BCUT2D eigenvalue weighted by Crippen LogP contribution is 2.26. The maximum atomic E-state index is 12.7. The number of hydrogen-bond donors (Lipinski definition) is 1. The van der Waals surface area contributed by atoms with Crippen LogP contribution in [0.3, 0.4) is 0 Å². The number of fused-ring (bicyclic) bond motifs is 1. The molecule has 1 N–H and O–H groups in total. The minimum absolute atomic E-state index is 0.0745. The van der Waals surface area contributed by atoms with E-state index in [1.165, 1.54) is 11.5 Å². The molecule has 0 atom stereocenters. The summed E-state index contributed by atoms with van der Waals surface area (Å²) in [4.78, 5) is 27.0. The second-order valence-electron chi connectivity index (χ2n) is 7.30. The lowest BCUT2D eigenvalue weighted by Crippen LogP contribution is -2.38. The highest BCUT2D eigenvalue weighted by Gasteiger charge is 2.25. The number of halogens is 1. The van der Waals surface area contributed by atoms with Crippen molar-refractivity contribution in [2.24, 2.45) is 5.92 Å². The number of anilines is 1. The van der Waals surface area contributed by atoms with Crippen molar-refractivity contribution < 1.29 is 14.3 Å². The van der Waals surface area contributed by atoms with Crippen LogP contribution in [0.25, 0.3) is 10.1 Å². The summed E-state index contributed by atoms with van der Waals surface area (Å²) in [7, 11) is 0. The van der Waals surface area contributed by atoms with Gasteiger partial charge in [0.05, 0.1) is 10.4 Å². The molecule has 0 radical (unpaired) electrons. The number of ether oxygens (including phenoxy) is 1. The molecular weight excluding hydrogens is 513 g/mol. The Balaban J connectivity index is 1.19. The van der Waals surface area contributed by atoms with Crippen molar-refractivity contribution in [3.05, 3.63) is 57.8 Å². The predicted octanol–water partition coefficient (Wildman–Crippen LogP) is 5.04. The Kier molecular flexibility index (Phi) is 6.96. The quantitative estimate of drug-likeness (QED) is 0.354. The molecule has 4 rings (SSSR count). The van der Waals surface area contributed by atoms with Crippen LogP contribution in [-0.2, 0) is 4.74 Å². The summed E-state index contributed by atoms with van der Waals surface area (Å²) in [6.45, 7) is 2.67. The van der Waals surface area contributed by atoms with Crippen LogP contribution < -0.4 is 5.32 Å². The fraction of sp³-hybridized carbons (Fsp3) is 0.318. The highest BCUT2D eigenvalue weighted by molar-refractivity contribution is 14.1. The zero-order valence-corrected chi connectivity index (χ0v) is 19.3. The van der Waals surface area contributed by atoms with Gasteiger partial charge < -0.3 is 4.74 Å². The molecule has 3 aromatic rings. The van der Waals surface area contributed by atoms with Gasteiger partial charge in [0.25, 0.3) is 0 Å². The Morgan fingerprint density at radius 1 is 1.17 bits per heavy atom. The molecule has 6 nitrogen and oxygen atoms in total. The molecule has 1 fully saturated rings. The van der Waals surface area contributed by atoms with Crippen LogP contribution in [0.1, 0.15) is 23.2 Å². The first-order valence-electron chi connectivity index (χ1n) is 9.89. The number of benzene rings is 2. The van der Waals surface area contributed by atoms with Gasteiger partial charge >= 0.3 is 6.09 Å². The summed E-state index contributed by atoms with van der Waals surface area (Å²) >= 11 is 3.59. The number of piperidine rings is 1. The molecule has 0 spiro atoms. The molecule has 156 valence electrons. The van der Waals surface area contributed by atoms with E-state index in [9.17, 15) is 9.59 Å². The number of Topliss-reactive ketones (excluding diaryl/α,β-unsaturated/α-hetero) is 1. The molecule has 0 aliphatic carbocycles. The van der Waals surface area contributed by atoms with Gasteiger partial charge in [0, 0.05) is 33.2 Å². The van der Waals surface area contributed by atoms with Crippen molar-refractivity contribution in [2.75, 3.05) is 31.6 Å². The van der Waals surface area contributed by atoms with Crippen molar-refractivity contribution in [1.29, 1.82) is 0 Å². The van der Waals surface area contributed by atoms with E-state index in [1.54, 1.807) is 6.20 Å². The molecule has 1 aliphatic heterocycles. The lowest BCUT2D eigenvalue weighted by molar-refractivity contribution is 0.0813. The number of carbonyl (C=O) groups is 2. The summed E-state index contributed by atoms with van der Waals surface area (Å²) in [6, 6.07) is 13.5. The molecule has 1 aromatic heterocycles. The van der Waals surface area contributed by atoms with E-state index in [1.807, 2.05) is 42.5 Å². The highest BCUT2D eigenvalue weighted by atomic mass is 127. The van der Waals surface area contributed by atoms with Gasteiger partial charge in [-0.25, -0.2) is 4.79 Å². The van der Waals surface area contributed by atoms with Gasteiger partial charge in [-0.05, 0) is 78.3 Å². The number of nitrogens with one attached hydrogen (secondary N) is 1. The fourth-order valence-corrected chi connectivity index (χ4v) is 4.75. The predicted molar refractivity (Wildman–Crippen MR) is 127 cm³/mol. The molecule has 0 unspecified atom stereocenters. The summed E-state index contributed by atoms with van der Waals surface area (Å²) in [5, 5.41) is 3.80. The summed E-state index contributed by atoms with van der Waals surface area (Å²) in [6.07, 6.45) is 3.00. The van der Waals surface area contributed by atoms with E-state index in [0.29, 0.717) is 13.2 Å². The van der Waals surface area contributed by atoms with Crippen LogP contribution in [0.4, 0.5) is 10.5 Å². The zero-order valence-electron chi connectivity index (χ0n) is 16.3. The average molecular weight is 535 g/mol. The van der Waals surface area contributed by atoms with E-state index >= 15 is 0 Å². The Morgan fingerprint density at radius 2 is 1.93 bits per heavy atom. The van der Waals surface area contributed by atoms with Crippen molar-refractivity contribution in [1.82, 2.24) is 9.27 Å². The number of rotatable bonds is 6. The van der Waals surface area contributed by atoms with Crippen molar-refractivity contribution >= 4 is 61.8 Å². The van der Waals surface area contributed by atoms with Crippen molar-refractivity contribution in [2.45, 2.75) is 12.8 Å². The van der Waals surface area contributed by atoms with E-state index in [-0.39, 0.29) is 11.7 Å². The van der Waals surface area contributed by atoms with Gasteiger partial charge in [-0.2, -0.15) is 4.37 Å². The minimum Gasteiger partial charge on any atom is -0.448 e. The fourth-order valence-electron chi connectivity index (χ4n) is 3.67. The van der Waals surface area contributed by atoms with Gasteiger partial charge in [0.2, 0.25) is 0 Å². The molecule has 1 saturated heterocycles. The second-order valence-corrected chi connectivity index (χ2v) is 9.34. The molecule has 0 saturated carbocycles. The largest absolute Gasteiger partial charge is 0.448 e. The topological polar surface area (TPSA) is 71.5 Å². The van der Waals surface area contributed by atoms with E-state index in [2.05, 4.69) is 37.2 Å². The number of carbonyl (C=O) groups excluding carboxylic acids is 2. The van der Waals surface area contributed by atoms with Gasteiger partial charge in [-0.15, -0.1) is 0 Å². The van der Waals surface area contributed by atoms with E-state index < -0.39 is 6.09 Å². The second kappa shape index (κ2) is 9.84. The number of ketones is 1. The van der Waals surface area contributed by atoms with Gasteiger partial charge in [0.15, 0.2) is 5.78 Å². The first kappa shape index (κ1) is 21.2. The molecule has 2 heterocycles. The van der Waals surface area contributed by atoms with E-state index in [4.69, 9.17) is 4.74 Å². The maximum Gasteiger partial charge on any atom is 0.411 e. The van der Waals surface area contributed by atoms with E-state index in [0.717, 1.165) is 50.8 Å². The van der Waals surface area contributed by atoms with Crippen LogP contribution >= 0.6 is 34.1 Å². The van der Waals surface area contributed by atoms with Gasteiger partial charge in [0.1, 0.15) is 6.61 Å². The molecule has 1 aliphatic rings. The maximum absolute atomic E-state index is 12.7. The zero-order chi connectivity index (χ0) is 20.9. The molecule has 1 amide bonds. The molecule has 8 heteroatoms. The van der Waals surface area contributed by atoms with Crippen molar-refractivity contribution in [3.8, 4) is 0 Å². The Morgan fingerprint density at radius 3 is 2.70 bits per heavy atom. The molecule has 0 bridgehead atoms. The first-order chi connectivity index (χ1) is 14.6. The standard InChI is InChI=1S/C22H22IN3O3S/c23-18-6-4-15(5-7-18)20(27)16-8-10-26(11-9-16)12-13-29-22(28)25-19-3-1-2-17-14-24-30-21(17)19/h1-7,14,16H,8-13H2,(H,25,28). The lowest BCUT2D eigenvalue weighted by atomic mass is 9.89. The number of likely N-dealkylation sites (tertiary alicyclic amines) is 1. The smallest absolute Gasteiger partial charge is 0.411 e. The number of aromatic nitrogens is 1. The lowest BCUT2D eigenvalue weighted by Gasteiger charge is -2.31. The molecule has 2 aromatic carbocycles. The van der Waals surface area contributed by atoms with Crippen LogP contribution in [0.2, 0.25) is 0 Å². The Hall–Kier alpha value is -2.04. The van der Waals surface area contributed by atoms with Crippen LogP contribution in [0.5, 0.6) is 0 Å². The SMILES string of the molecule is O=C(Nc1cccc2cnsc12)OCCN1CCC(C(=O)c2ccc(I)cc2)CC1.